The van der Waals surface area contributed by atoms with E-state index in [2.05, 4.69) is 15.9 Å². The van der Waals surface area contributed by atoms with Crippen LogP contribution in [0.4, 0.5) is 4.39 Å². The lowest BCUT2D eigenvalue weighted by molar-refractivity contribution is 0.614. The molecule has 16 heavy (non-hydrogen) atoms. The lowest BCUT2D eigenvalue weighted by atomic mass is 10.2. The number of hydrogen-bond donors (Lipinski definition) is 0. The standard InChI is InChI=1S/C11H10BrFN2O/c1-14-5-6-15(11(14)16)7-8-3-2-4-9(13)10(8)12/h2-6H,7H2,1H3. The van der Waals surface area contributed by atoms with Gasteiger partial charge in [-0.2, -0.15) is 0 Å². The second-order valence-corrected chi connectivity index (χ2v) is 4.33. The summed E-state index contributed by atoms with van der Waals surface area (Å²) in [7, 11) is 1.68. The first-order valence-electron chi connectivity index (χ1n) is 4.74. The third kappa shape index (κ3) is 1.95. The summed E-state index contributed by atoms with van der Waals surface area (Å²) in [5.41, 5.74) is 0.629. The van der Waals surface area contributed by atoms with Crippen LogP contribution in [0.2, 0.25) is 0 Å². The van der Waals surface area contributed by atoms with E-state index < -0.39 is 0 Å². The number of hydrogen-bond acceptors (Lipinski definition) is 1. The van der Waals surface area contributed by atoms with E-state index in [0.29, 0.717) is 11.0 Å². The molecule has 84 valence electrons. The van der Waals surface area contributed by atoms with Crippen molar-refractivity contribution in [2.45, 2.75) is 6.54 Å². The molecule has 0 aliphatic rings. The van der Waals surface area contributed by atoms with Gasteiger partial charge in [-0.05, 0) is 27.6 Å². The summed E-state index contributed by atoms with van der Waals surface area (Å²) in [5, 5.41) is 0. The van der Waals surface area contributed by atoms with Crippen LogP contribution in [0.1, 0.15) is 5.56 Å². The smallest absolute Gasteiger partial charge is 0.302 e. The molecule has 0 aliphatic heterocycles. The Labute approximate surface area is 100 Å². The molecule has 2 rings (SSSR count). The highest BCUT2D eigenvalue weighted by atomic mass is 79.9. The molecule has 0 N–H and O–H groups in total. The van der Waals surface area contributed by atoms with Gasteiger partial charge in [0, 0.05) is 19.4 Å². The van der Waals surface area contributed by atoms with Crippen LogP contribution < -0.4 is 5.69 Å². The zero-order valence-corrected chi connectivity index (χ0v) is 10.2. The van der Waals surface area contributed by atoms with Crippen LogP contribution in [0.5, 0.6) is 0 Å². The third-order valence-corrected chi connectivity index (χ3v) is 3.28. The zero-order chi connectivity index (χ0) is 11.7. The largest absolute Gasteiger partial charge is 0.328 e. The van der Waals surface area contributed by atoms with Crippen LogP contribution in [0, 0.1) is 5.82 Å². The molecule has 3 nitrogen and oxygen atoms in total. The van der Waals surface area contributed by atoms with Gasteiger partial charge in [-0.25, -0.2) is 9.18 Å². The average Bonchev–Trinajstić information content (AvgIpc) is 2.57. The predicted octanol–water partition coefficient (Wildman–Crippen LogP) is 2.14. The molecule has 1 aromatic heterocycles. The van der Waals surface area contributed by atoms with E-state index in [4.69, 9.17) is 0 Å². The Balaban J connectivity index is 2.38. The van der Waals surface area contributed by atoms with Crippen LogP contribution in [0.3, 0.4) is 0 Å². The fourth-order valence-electron chi connectivity index (χ4n) is 1.49. The highest BCUT2D eigenvalue weighted by Gasteiger charge is 2.07. The highest BCUT2D eigenvalue weighted by Crippen LogP contribution is 2.20. The SMILES string of the molecule is Cn1ccn(Cc2cccc(F)c2Br)c1=O. The lowest BCUT2D eigenvalue weighted by Gasteiger charge is -2.05. The number of imidazole rings is 1. The number of rotatable bonds is 2. The predicted molar refractivity (Wildman–Crippen MR) is 62.9 cm³/mol. The van der Waals surface area contributed by atoms with Crippen molar-refractivity contribution in [1.82, 2.24) is 9.13 Å². The maximum absolute atomic E-state index is 13.2. The van der Waals surface area contributed by atoms with Crippen LogP contribution in [-0.4, -0.2) is 9.13 Å². The van der Waals surface area contributed by atoms with Gasteiger partial charge in [0.15, 0.2) is 0 Å². The molecule has 1 heterocycles. The molecule has 5 heteroatoms. The van der Waals surface area contributed by atoms with Crippen molar-refractivity contribution in [2.24, 2.45) is 7.05 Å². The van der Waals surface area contributed by atoms with Crippen LogP contribution in [-0.2, 0) is 13.6 Å². The molecule has 2 aromatic rings. The van der Waals surface area contributed by atoms with Crippen molar-refractivity contribution in [3.8, 4) is 0 Å². The van der Waals surface area contributed by atoms with Crippen molar-refractivity contribution in [3.63, 3.8) is 0 Å². The van der Waals surface area contributed by atoms with Crippen molar-refractivity contribution < 1.29 is 4.39 Å². The normalized spacial score (nSPS) is 10.7. The fraction of sp³-hybridized carbons (Fsp3) is 0.182. The number of aryl methyl sites for hydroxylation is 1. The summed E-state index contributed by atoms with van der Waals surface area (Å²) >= 11 is 3.17. The minimum absolute atomic E-state index is 0.115. The van der Waals surface area contributed by atoms with Gasteiger partial charge < -0.3 is 4.57 Å². The summed E-state index contributed by atoms with van der Waals surface area (Å²) < 4.78 is 16.7. The average molecular weight is 285 g/mol. The Bertz CT molecular complexity index is 574. The molecule has 0 unspecified atom stereocenters. The zero-order valence-electron chi connectivity index (χ0n) is 8.65. The van der Waals surface area contributed by atoms with E-state index in [-0.39, 0.29) is 11.5 Å². The van der Waals surface area contributed by atoms with E-state index >= 15 is 0 Å². The molecule has 0 saturated heterocycles. The molecular weight excluding hydrogens is 275 g/mol. The van der Waals surface area contributed by atoms with E-state index in [0.717, 1.165) is 5.56 Å². The molecule has 0 saturated carbocycles. The molecule has 0 atom stereocenters. The second kappa shape index (κ2) is 4.25. The summed E-state index contributed by atoms with van der Waals surface area (Å²) in [6, 6.07) is 4.79. The van der Waals surface area contributed by atoms with Gasteiger partial charge in [-0.3, -0.25) is 4.57 Å². The van der Waals surface area contributed by atoms with E-state index in [1.807, 2.05) is 0 Å². The first-order valence-corrected chi connectivity index (χ1v) is 5.53. The van der Waals surface area contributed by atoms with E-state index in [1.165, 1.54) is 15.2 Å². The first-order chi connectivity index (χ1) is 7.59. The Hall–Kier alpha value is -1.36. The Kier molecular flexibility index (Phi) is 2.96. The topological polar surface area (TPSA) is 26.9 Å². The number of aromatic nitrogens is 2. The van der Waals surface area contributed by atoms with Crippen molar-refractivity contribution in [2.75, 3.05) is 0 Å². The Morgan fingerprint density at radius 1 is 1.38 bits per heavy atom. The summed E-state index contributed by atoms with van der Waals surface area (Å²) in [6.07, 6.45) is 3.36. The molecular formula is C11H10BrFN2O. The number of nitrogens with zero attached hydrogens (tertiary/aromatic N) is 2. The molecule has 0 spiro atoms. The van der Waals surface area contributed by atoms with Gasteiger partial charge in [0.25, 0.3) is 0 Å². The molecule has 0 fully saturated rings. The van der Waals surface area contributed by atoms with Gasteiger partial charge in [-0.1, -0.05) is 12.1 Å². The van der Waals surface area contributed by atoms with Crippen molar-refractivity contribution in [1.29, 1.82) is 0 Å². The maximum atomic E-state index is 13.2. The molecule has 1 aromatic carbocycles. The summed E-state index contributed by atoms with van der Waals surface area (Å²) in [6.45, 7) is 0.359. The van der Waals surface area contributed by atoms with Crippen LogP contribution in [0.25, 0.3) is 0 Å². The molecule has 0 radical (unpaired) electrons. The molecule has 0 bridgehead atoms. The maximum Gasteiger partial charge on any atom is 0.328 e. The first kappa shape index (κ1) is 11.1. The highest BCUT2D eigenvalue weighted by molar-refractivity contribution is 9.10. The van der Waals surface area contributed by atoms with Crippen LogP contribution >= 0.6 is 15.9 Å². The monoisotopic (exact) mass is 284 g/mol. The second-order valence-electron chi connectivity index (χ2n) is 3.53. The number of halogens is 2. The van der Waals surface area contributed by atoms with Gasteiger partial charge in [0.2, 0.25) is 0 Å². The Morgan fingerprint density at radius 2 is 2.12 bits per heavy atom. The summed E-state index contributed by atoms with van der Waals surface area (Å²) in [4.78, 5) is 11.6. The van der Waals surface area contributed by atoms with Gasteiger partial charge in [0.1, 0.15) is 5.82 Å². The molecule has 0 amide bonds. The van der Waals surface area contributed by atoms with Gasteiger partial charge in [-0.15, -0.1) is 0 Å². The minimum atomic E-state index is -0.318. The molecule has 0 aliphatic carbocycles. The van der Waals surface area contributed by atoms with Crippen molar-refractivity contribution in [3.05, 3.63) is 56.9 Å². The minimum Gasteiger partial charge on any atom is -0.302 e. The fourth-order valence-corrected chi connectivity index (χ4v) is 1.87. The van der Waals surface area contributed by atoms with Crippen molar-refractivity contribution >= 4 is 15.9 Å². The lowest BCUT2D eigenvalue weighted by Crippen LogP contribution is -2.22. The van der Waals surface area contributed by atoms with Gasteiger partial charge in [0.05, 0.1) is 11.0 Å². The number of benzene rings is 1. The quantitative estimate of drug-likeness (QED) is 0.830. The summed E-state index contributed by atoms with van der Waals surface area (Å²) in [5.74, 6) is -0.318. The van der Waals surface area contributed by atoms with Gasteiger partial charge >= 0.3 is 5.69 Å². The Morgan fingerprint density at radius 3 is 2.75 bits per heavy atom. The third-order valence-electron chi connectivity index (χ3n) is 2.39. The van der Waals surface area contributed by atoms with E-state index in [9.17, 15) is 9.18 Å². The van der Waals surface area contributed by atoms with Crippen LogP contribution in [0.15, 0.2) is 39.9 Å². The van der Waals surface area contributed by atoms with E-state index in [1.54, 1.807) is 31.6 Å².